The van der Waals surface area contributed by atoms with Crippen LogP contribution in [0.4, 0.5) is 0 Å². The number of aryl methyl sites for hydroxylation is 3. The Morgan fingerprint density at radius 1 is 1.10 bits per heavy atom. The van der Waals surface area contributed by atoms with Crippen molar-refractivity contribution in [2.75, 3.05) is 7.11 Å². The van der Waals surface area contributed by atoms with E-state index >= 15 is 0 Å². The van der Waals surface area contributed by atoms with Gasteiger partial charge >= 0.3 is 0 Å². The van der Waals surface area contributed by atoms with Crippen molar-refractivity contribution in [3.8, 4) is 5.75 Å². The van der Waals surface area contributed by atoms with E-state index in [-0.39, 0.29) is 0 Å². The molecule has 108 valence electrons. The van der Waals surface area contributed by atoms with Crippen LogP contribution in [0.2, 0.25) is 0 Å². The van der Waals surface area contributed by atoms with E-state index in [2.05, 4.69) is 0 Å². The highest BCUT2D eigenvalue weighted by atomic mass is 16.5. The number of furan rings is 1. The van der Waals surface area contributed by atoms with Gasteiger partial charge in [-0.05, 0) is 56.9 Å². The van der Waals surface area contributed by atoms with Crippen LogP contribution in [-0.2, 0) is 6.42 Å². The number of methoxy groups -OCH3 is 1. The fourth-order valence-corrected chi connectivity index (χ4v) is 2.54. The van der Waals surface area contributed by atoms with Gasteiger partial charge in [0.25, 0.3) is 0 Å². The van der Waals surface area contributed by atoms with Gasteiger partial charge in [-0.1, -0.05) is 12.1 Å². The predicted molar refractivity (Wildman–Crippen MR) is 79.2 cm³/mol. The van der Waals surface area contributed by atoms with Gasteiger partial charge in [0.05, 0.1) is 13.2 Å². The lowest BCUT2D eigenvalue weighted by Gasteiger charge is -2.11. The maximum Gasteiger partial charge on any atom is 0.118 e. The smallest absolute Gasteiger partial charge is 0.118 e. The molecule has 1 aromatic heterocycles. The molecular weight excluding hydrogens is 252 g/mol. The van der Waals surface area contributed by atoms with Gasteiger partial charge in [-0.25, -0.2) is 0 Å². The molecule has 1 unspecified atom stereocenters. The summed E-state index contributed by atoms with van der Waals surface area (Å²) in [5.74, 6) is 2.56. The molecular formula is C17H22O3. The second-order valence-electron chi connectivity index (χ2n) is 5.16. The molecule has 2 aromatic rings. The van der Waals surface area contributed by atoms with Crippen molar-refractivity contribution < 1.29 is 14.3 Å². The van der Waals surface area contributed by atoms with Crippen LogP contribution in [0, 0.1) is 20.8 Å². The van der Waals surface area contributed by atoms with Crippen molar-refractivity contribution in [2.45, 2.75) is 39.7 Å². The number of benzene rings is 1. The SMILES string of the molecule is COc1ccc(CCC(O)c2c(C)oc(C)c2C)cc1. The third-order valence-electron chi connectivity index (χ3n) is 3.82. The first-order valence-electron chi connectivity index (χ1n) is 6.90. The second kappa shape index (κ2) is 6.14. The van der Waals surface area contributed by atoms with Crippen molar-refractivity contribution in [3.05, 3.63) is 52.5 Å². The zero-order valence-corrected chi connectivity index (χ0v) is 12.6. The quantitative estimate of drug-likeness (QED) is 0.899. The van der Waals surface area contributed by atoms with Gasteiger partial charge in [0.1, 0.15) is 17.3 Å². The number of ether oxygens (including phenoxy) is 1. The average molecular weight is 274 g/mol. The zero-order chi connectivity index (χ0) is 14.7. The minimum absolute atomic E-state index is 0.477. The van der Waals surface area contributed by atoms with Crippen molar-refractivity contribution in [1.29, 1.82) is 0 Å². The molecule has 0 amide bonds. The molecule has 1 aromatic carbocycles. The van der Waals surface area contributed by atoms with E-state index in [1.54, 1.807) is 7.11 Å². The lowest BCUT2D eigenvalue weighted by molar-refractivity contribution is 0.165. The third kappa shape index (κ3) is 3.05. The van der Waals surface area contributed by atoms with Crippen molar-refractivity contribution in [1.82, 2.24) is 0 Å². The summed E-state index contributed by atoms with van der Waals surface area (Å²) >= 11 is 0. The van der Waals surface area contributed by atoms with Gasteiger partial charge in [0.2, 0.25) is 0 Å². The summed E-state index contributed by atoms with van der Waals surface area (Å²) in [4.78, 5) is 0. The number of hydrogen-bond donors (Lipinski definition) is 1. The fourth-order valence-electron chi connectivity index (χ4n) is 2.54. The summed E-state index contributed by atoms with van der Waals surface area (Å²) < 4.78 is 10.7. The summed E-state index contributed by atoms with van der Waals surface area (Å²) in [5.41, 5.74) is 3.20. The molecule has 1 N–H and O–H groups in total. The van der Waals surface area contributed by atoms with Crippen LogP contribution in [0.3, 0.4) is 0 Å². The summed E-state index contributed by atoms with van der Waals surface area (Å²) in [6.07, 6.45) is 1.04. The Kier molecular flexibility index (Phi) is 4.50. The molecule has 0 aliphatic carbocycles. The predicted octanol–water partition coefficient (Wildman–Crippen LogP) is 3.88. The molecule has 3 nitrogen and oxygen atoms in total. The molecule has 20 heavy (non-hydrogen) atoms. The van der Waals surface area contributed by atoms with E-state index < -0.39 is 6.10 Å². The monoisotopic (exact) mass is 274 g/mol. The Morgan fingerprint density at radius 2 is 1.75 bits per heavy atom. The molecule has 0 radical (unpaired) electrons. The van der Waals surface area contributed by atoms with Crippen LogP contribution in [0.15, 0.2) is 28.7 Å². The Hall–Kier alpha value is -1.74. The molecule has 0 aliphatic heterocycles. The first kappa shape index (κ1) is 14.7. The Morgan fingerprint density at radius 3 is 2.25 bits per heavy atom. The van der Waals surface area contributed by atoms with E-state index in [4.69, 9.17) is 9.15 Å². The van der Waals surface area contributed by atoms with Crippen LogP contribution in [0.1, 0.15) is 40.7 Å². The molecule has 1 heterocycles. The molecule has 0 spiro atoms. The largest absolute Gasteiger partial charge is 0.497 e. The van der Waals surface area contributed by atoms with Crippen LogP contribution in [0.5, 0.6) is 5.75 Å². The van der Waals surface area contributed by atoms with Gasteiger partial charge in [-0.15, -0.1) is 0 Å². The van der Waals surface area contributed by atoms with Crippen LogP contribution in [-0.4, -0.2) is 12.2 Å². The standard InChI is InChI=1S/C17H22O3/c1-11-12(2)20-13(3)17(11)16(18)10-7-14-5-8-15(19-4)9-6-14/h5-6,8-9,16,18H,7,10H2,1-4H3. The van der Waals surface area contributed by atoms with E-state index in [1.807, 2.05) is 45.0 Å². The normalized spacial score (nSPS) is 12.4. The highest BCUT2D eigenvalue weighted by Crippen LogP contribution is 2.29. The van der Waals surface area contributed by atoms with Crippen LogP contribution in [0.25, 0.3) is 0 Å². The maximum absolute atomic E-state index is 10.4. The minimum Gasteiger partial charge on any atom is -0.497 e. The first-order valence-corrected chi connectivity index (χ1v) is 6.90. The lowest BCUT2D eigenvalue weighted by Crippen LogP contribution is -2.02. The van der Waals surface area contributed by atoms with Crippen LogP contribution < -0.4 is 4.74 Å². The molecule has 0 bridgehead atoms. The van der Waals surface area contributed by atoms with Crippen molar-refractivity contribution in [3.63, 3.8) is 0 Å². The highest BCUT2D eigenvalue weighted by Gasteiger charge is 2.18. The van der Waals surface area contributed by atoms with Gasteiger partial charge in [-0.3, -0.25) is 0 Å². The van der Waals surface area contributed by atoms with Gasteiger partial charge in [0.15, 0.2) is 0 Å². The van der Waals surface area contributed by atoms with E-state index in [0.29, 0.717) is 6.42 Å². The summed E-state index contributed by atoms with van der Waals surface area (Å²) in [6, 6.07) is 7.96. The zero-order valence-electron chi connectivity index (χ0n) is 12.6. The number of aliphatic hydroxyl groups is 1. The number of hydrogen-bond acceptors (Lipinski definition) is 3. The van der Waals surface area contributed by atoms with E-state index in [1.165, 1.54) is 5.56 Å². The third-order valence-corrected chi connectivity index (χ3v) is 3.82. The number of aliphatic hydroxyl groups excluding tert-OH is 1. The average Bonchev–Trinajstić information content (AvgIpc) is 2.70. The topological polar surface area (TPSA) is 42.6 Å². The molecule has 2 rings (SSSR count). The van der Waals surface area contributed by atoms with Gasteiger partial charge in [-0.2, -0.15) is 0 Å². The van der Waals surface area contributed by atoms with Crippen molar-refractivity contribution >= 4 is 0 Å². The highest BCUT2D eigenvalue weighted by molar-refractivity contribution is 5.33. The summed E-state index contributed by atoms with van der Waals surface area (Å²) in [5, 5.41) is 10.4. The lowest BCUT2D eigenvalue weighted by atomic mass is 9.98. The van der Waals surface area contributed by atoms with E-state index in [9.17, 15) is 5.11 Å². The molecule has 0 aliphatic rings. The molecule has 1 atom stereocenters. The summed E-state index contributed by atoms with van der Waals surface area (Å²) in [6.45, 7) is 5.84. The molecule has 3 heteroatoms. The fraction of sp³-hybridized carbons (Fsp3) is 0.412. The maximum atomic E-state index is 10.4. The van der Waals surface area contributed by atoms with Gasteiger partial charge in [0, 0.05) is 5.56 Å². The van der Waals surface area contributed by atoms with Crippen LogP contribution >= 0.6 is 0 Å². The molecule has 0 saturated carbocycles. The first-order chi connectivity index (χ1) is 9.52. The van der Waals surface area contributed by atoms with Gasteiger partial charge < -0.3 is 14.3 Å². The van der Waals surface area contributed by atoms with E-state index in [0.717, 1.165) is 34.8 Å². The van der Waals surface area contributed by atoms with Crippen molar-refractivity contribution in [2.24, 2.45) is 0 Å². The molecule has 0 saturated heterocycles. The Labute approximate surface area is 120 Å². The number of rotatable bonds is 5. The Bertz CT molecular complexity index is 567. The second-order valence-corrected chi connectivity index (χ2v) is 5.16. The minimum atomic E-state index is -0.477. The Balaban J connectivity index is 2.02. The summed E-state index contributed by atoms with van der Waals surface area (Å²) in [7, 11) is 1.66. The molecule has 0 fully saturated rings.